The Morgan fingerprint density at radius 2 is 0.570 bits per heavy atom. The van der Waals surface area contributed by atoms with Crippen molar-refractivity contribution in [1.29, 1.82) is 0 Å². The highest BCUT2D eigenvalue weighted by Crippen LogP contribution is 2.43. The van der Waals surface area contributed by atoms with E-state index < -0.39 is 26.5 Å². The van der Waals surface area contributed by atoms with Crippen LogP contribution in [-0.2, 0) is 32.7 Å². The molecule has 588 valence electrons. The predicted octanol–water partition coefficient (Wildman–Crippen LogP) is 29.6. The van der Waals surface area contributed by atoms with Gasteiger partial charge in [-0.2, -0.15) is 0 Å². The number of ether oxygens (including phenoxy) is 2. The lowest BCUT2D eigenvalue weighted by atomic mass is 10.0. The molecular weight excluding hydrogens is 1250 g/mol. The zero-order chi connectivity index (χ0) is 72.5. The molecule has 0 bridgehead atoms. The van der Waals surface area contributed by atoms with Crippen molar-refractivity contribution in [2.45, 2.75) is 457 Å². The van der Waals surface area contributed by atoms with Crippen LogP contribution in [0.2, 0.25) is 0 Å². The summed E-state index contributed by atoms with van der Waals surface area (Å²) in [4.78, 5) is 36.0. The van der Waals surface area contributed by atoms with E-state index in [1.807, 2.05) is 21.1 Å². The van der Waals surface area contributed by atoms with E-state index in [0.717, 1.165) is 57.8 Å². The highest BCUT2D eigenvalue weighted by Gasteiger charge is 2.27. The van der Waals surface area contributed by atoms with Crippen molar-refractivity contribution in [2.24, 2.45) is 0 Å². The van der Waals surface area contributed by atoms with E-state index in [1.165, 1.54) is 360 Å². The first-order chi connectivity index (χ1) is 49.0. The minimum Gasteiger partial charge on any atom is -0.462 e. The van der Waals surface area contributed by atoms with Crippen LogP contribution in [0.15, 0.2) is 60.8 Å². The van der Waals surface area contributed by atoms with E-state index in [-0.39, 0.29) is 25.6 Å². The number of phosphoric acid groups is 1. The van der Waals surface area contributed by atoms with Crippen molar-refractivity contribution >= 4 is 19.8 Å². The van der Waals surface area contributed by atoms with E-state index in [4.69, 9.17) is 18.5 Å². The van der Waals surface area contributed by atoms with Crippen molar-refractivity contribution in [2.75, 3.05) is 47.5 Å². The molecule has 0 fully saturated rings. The van der Waals surface area contributed by atoms with Crippen LogP contribution in [0.25, 0.3) is 0 Å². The largest absolute Gasteiger partial charge is 0.472 e. The molecule has 0 amide bonds. The van der Waals surface area contributed by atoms with Gasteiger partial charge < -0.3 is 18.9 Å². The number of hydrogen-bond donors (Lipinski definition) is 1. The fraction of sp³-hybridized carbons (Fsp3) is 0.867. The lowest BCUT2D eigenvalue weighted by Gasteiger charge is -2.24. The number of phosphoric ester groups is 1. The van der Waals surface area contributed by atoms with Gasteiger partial charge in [-0.05, 0) is 77.0 Å². The number of nitrogens with zero attached hydrogens (tertiary/aromatic N) is 1. The second kappa shape index (κ2) is 80.8. The number of hydrogen-bond acceptors (Lipinski definition) is 7. The van der Waals surface area contributed by atoms with Gasteiger partial charge >= 0.3 is 19.8 Å². The average molecular weight is 1430 g/mol. The Labute approximate surface area is 623 Å². The maximum Gasteiger partial charge on any atom is 0.472 e. The standard InChI is InChI=1S/C90H170NO8P/c1-6-8-10-12-14-16-18-20-22-24-26-28-30-32-34-36-38-40-42-43-44-45-46-47-49-50-52-54-56-58-60-62-64-66-68-70-72-74-76-78-80-82-89(92)96-86-88(87-98-100(94,95)97-85-84-91(3,4)5)99-90(93)83-81-79-77-75-73-71-69-67-65-63-61-59-57-55-53-51-48-41-39-37-35-33-31-29-27-25-23-21-19-17-15-13-11-9-7-2/h9,11,15,17,21,23-24,26-27,29,88H,6-8,10,12-14,16,18-20,22,25,28,30-87H2,1-5H3/p+1/b11-9-,17-15-,23-21-,26-24-,29-27-. The molecule has 0 saturated heterocycles. The van der Waals surface area contributed by atoms with Crippen molar-refractivity contribution in [1.82, 2.24) is 0 Å². The molecule has 0 heterocycles. The molecule has 0 aromatic heterocycles. The molecule has 1 N–H and O–H groups in total. The molecule has 2 unspecified atom stereocenters. The summed E-state index contributed by atoms with van der Waals surface area (Å²) in [6.45, 7) is 4.40. The number of unbranched alkanes of at least 4 members (excludes halogenated alkanes) is 59. The third-order valence-electron chi connectivity index (χ3n) is 20.0. The smallest absolute Gasteiger partial charge is 0.462 e. The molecule has 0 aromatic carbocycles. The molecule has 9 nitrogen and oxygen atoms in total. The lowest BCUT2D eigenvalue weighted by Crippen LogP contribution is -2.37. The first-order valence-electron chi connectivity index (χ1n) is 44.0. The predicted molar refractivity (Wildman–Crippen MR) is 436 cm³/mol. The molecule has 0 saturated carbocycles. The minimum absolute atomic E-state index is 0.0346. The van der Waals surface area contributed by atoms with Crippen LogP contribution >= 0.6 is 7.82 Å². The van der Waals surface area contributed by atoms with Gasteiger partial charge in [0.2, 0.25) is 0 Å². The molecule has 100 heavy (non-hydrogen) atoms. The molecule has 10 heteroatoms. The number of allylic oxidation sites excluding steroid dienone is 10. The quantitative estimate of drug-likeness (QED) is 0.0211. The summed E-state index contributed by atoms with van der Waals surface area (Å²) in [6, 6.07) is 0. The maximum atomic E-state index is 12.9. The van der Waals surface area contributed by atoms with Gasteiger partial charge in [0.15, 0.2) is 6.10 Å². The molecule has 0 aliphatic carbocycles. The van der Waals surface area contributed by atoms with E-state index in [0.29, 0.717) is 23.9 Å². The van der Waals surface area contributed by atoms with E-state index >= 15 is 0 Å². The summed E-state index contributed by atoms with van der Waals surface area (Å²) < 4.78 is 34.9. The first kappa shape index (κ1) is 97.7. The van der Waals surface area contributed by atoms with Gasteiger partial charge in [-0.3, -0.25) is 18.6 Å². The lowest BCUT2D eigenvalue weighted by molar-refractivity contribution is -0.870. The van der Waals surface area contributed by atoms with E-state index in [1.54, 1.807) is 0 Å². The summed E-state index contributed by atoms with van der Waals surface area (Å²) in [7, 11) is 1.50. The first-order valence-corrected chi connectivity index (χ1v) is 45.5. The molecule has 0 aromatic rings. The molecule has 0 spiro atoms. The fourth-order valence-corrected chi connectivity index (χ4v) is 14.1. The molecule has 0 radical (unpaired) electrons. The fourth-order valence-electron chi connectivity index (χ4n) is 13.4. The van der Waals surface area contributed by atoms with Crippen molar-refractivity contribution in [3.05, 3.63) is 60.8 Å². The second-order valence-corrected chi connectivity index (χ2v) is 32.7. The van der Waals surface area contributed by atoms with Crippen molar-refractivity contribution in [3.8, 4) is 0 Å². The van der Waals surface area contributed by atoms with Crippen LogP contribution in [0.4, 0.5) is 0 Å². The zero-order valence-corrected chi connectivity index (χ0v) is 68.4. The summed E-state index contributed by atoms with van der Waals surface area (Å²) in [5.74, 6) is -0.771. The van der Waals surface area contributed by atoms with E-state index in [2.05, 4.69) is 74.6 Å². The summed E-state index contributed by atoms with van der Waals surface area (Å²) >= 11 is 0. The van der Waals surface area contributed by atoms with Crippen LogP contribution in [0.1, 0.15) is 450 Å². The number of rotatable bonds is 83. The number of esters is 2. The molecule has 0 aliphatic rings. The highest BCUT2D eigenvalue weighted by molar-refractivity contribution is 7.47. The summed E-state index contributed by atoms with van der Waals surface area (Å²) in [5, 5.41) is 0. The van der Waals surface area contributed by atoms with Crippen LogP contribution in [-0.4, -0.2) is 74.9 Å². The molecule has 0 rings (SSSR count). The monoisotopic (exact) mass is 1430 g/mol. The molecule has 0 aliphatic heterocycles. The third kappa shape index (κ3) is 84.6. The van der Waals surface area contributed by atoms with Gasteiger partial charge in [0.1, 0.15) is 19.8 Å². The van der Waals surface area contributed by atoms with Gasteiger partial charge in [0.05, 0.1) is 27.7 Å². The Balaban J connectivity index is 3.84. The van der Waals surface area contributed by atoms with Crippen LogP contribution in [0.3, 0.4) is 0 Å². The Bertz CT molecular complexity index is 1870. The minimum atomic E-state index is -4.40. The third-order valence-corrected chi connectivity index (χ3v) is 21.0. The Morgan fingerprint density at radius 1 is 0.320 bits per heavy atom. The number of quaternary nitrogens is 1. The van der Waals surface area contributed by atoms with Gasteiger partial charge in [-0.15, -0.1) is 0 Å². The molecule has 2 atom stereocenters. The maximum absolute atomic E-state index is 12.9. The van der Waals surface area contributed by atoms with Gasteiger partial charge in [0, 0.05) is 12.8 Å². The number of carbonyl (C=O) groups excluding carboxylic acids is 2. The van der Waals surface area contributed by atoms with Gasteiger partial charge in [-0.1, -0.05) is 421 Å². The molecular formula is C90H171NO8P+. The van der Waals surface area contributed by atoms with E-state index in [9.17, 15) is 19.0 Å². The normalized spacial score (nSPS) is 13.2. The summed E-state index contributed by atoms with van der Waals surface area (Å²) in [5.41, 5.74) is 0. The van der Waals surface area contributed by atoms with Crippen LogP contribution < -0.4 is 0 Å². The average Bonchev–Trinajstić information content (AvgIpc) is 1.65. The number of likely N-dealkylation sites (N-methyl/N-ethyl adjacent to an activating group) is 1. The summed E-state index contributed by atoms with van der Waals surface area (Å²) in [6.07, 6.45) is 110. The Kier molecular flexibility index (Phi) is 78.9. The Morgan fingerprint density at radius 3 is 0.860 bits per heavy atom. The van der Waals surface area contributed by atoms with Crippen LogP contribution in [0.5, 0.6) is 0 Å². The number of carbonyl (C=O) groups is 2. The van der Waals surface area contributed by atoms with Crippen molar-refractivity contribution in [3.63, 3.8) is 0 Å². The second-order valence-electron chi connectivity index (χ2n) is 31.3. The zero-order valence-electron chi connectivity index (χ0n) is 67.5. The van der Waals surface area contributed by atoms with Crippen molar-refractivity contribution < 1.29 is 42.1 Å². The Hall–Kier alpha value is -2.29. The van der Waals surface area contributed by atoms with Gasteiger partial charge in [-0.25, -0.2) is 4.57 Å². The highest BCUT2D eigenvalue weighted by atomic mass is 31.2. The van der Waals surface area contributed by atoms with Gasteiger partial charge in [0.25, 0.3) is 0 Å². The van der Waals surface area contributed by atoms with Crippen LogP contribution in [0, 0.1) is 0 Å². The topological polar surface area (TPSA) is 108 Å². The SMILES string of the molecule is CC/C=C\C/C=C\C/C=C\C/C=C\CCCCCCCCCCCCCCCCCCCCCCCCC(=O)OC(COC(=O)CCCCCCCCCCCCCCCCCCCCCCCCCCCCCCC/C=C\CCCCCCCCCC)COP(=O)(O)OCC[N+](C)(C)C.